The average molecular weight is 382 g/mol. The van der Waals surface area contributed by atoms with E-state index in [1.54, 1.807) is 0 Å². The highest BCUT2D eigenvalue weighted by Gasteiger charge is 2.34. The number of benzene rings is 4. The molecule has 0 N–H and O–H groups in total. The molecule has 0 radical (unpaired) electrons. The first kappa shape index (κ1) is 17.1. The van der Waals surface area contributed by atoms with Gasteiger partial charge in [0.1, 0.15) is 11.4 Å². The summed E-state index contributed by atoms with van der Waals surface area (Å²) in [6.07, 6.45) is 0. The minimum Gasteiger partial charge on any atom is -0.606 e. The predicted octanol–water partition coefficient (Wildman–Crippen LogP) is 6.61. The van der Waals surface area contributed by atoms with Gasteiger partial charge >= 0.3 is 0 Å². The second-order valence-corrected chi connectivity index (χ2v) is 8.34. The van der Waals surface area contributed by atoms with Crippen molar-refractivity contribution in [2.24, 2.45) is 0 Å². The summed E-state index contributed by atoms with van der Waals surface area (Å²) >= 11 is -1.18. The number of aryl methyl sites for hydroxylation is 1. The zero-order valence-corrected chi connectivity index (χ0v) is 16.3. The van der Waals surface area contributed by atoms with E-state index in [0.717, 1.165) is 32.4 Å². The van der Waals surface area contributed by atoms with E-state index in [0.29, 0.717) is 0 Å². The van der Waals surface area contributed by atoms with E-state index in [-0.39, 0.29) is 0 Å². The Morgan fingerprint density at radius 3 is 1.86 bits per heavy atom. The Hall–Kier alpha value is -3.01. The number of anilines is 3. The lowest BCUT2D eigenvalue weighted by atomic mass is 9.99. The fraction of sp³-hybridized carbons (Fsp3) is 0.0400. The SMILES string of the molecule is Cc1ccc(N2c3ccccc3[S+]([O-])c3ccccc32)c(-c2ccccc2)c1. The molecule has 0 fully saturated rings. The van der Waals surface area contributed by atoms with Crippen molar-refractivity contribution in [2.75, 3.05) is 4.90 Å². The van der Waals surface area contributed by atoms with Gasteiger partial charge in [-0.05, 0) is 48.9 Å². The maximum absolute atomic E-state index is 13.2. The Bertz CT molecular complexity index is 1110. The van der Waals surface area contributed by atoms with Crippen molar-refractivity contribution in [3.8, 4) is 11.1 Å². The fourth-order valence-corrected chi connectivity index (χ4v) is 5.14. The maximum Gasteiger partial charge on any atom is 0.182 e. The molecule has 0 aliphatic carbocycles. The van der Waals surface area contributed by atoms with Crippen LogP contribution in [0.1, 0.15) is 5.56 Å². The first-order valence-corrected chi connectivity index (χ1v) is 10.4. The Balaban J connectivity index is 1.81. The average Bonchev–Trinajstić information content (AvgIpc) is 2.75. The molecule has 2 nitrogen and oxygen atoms in total. The van der Waals surface area contributed by atoms with Crippen molar-refractivity contribution < 1.29 is 4.55 Å². The number of fused-ring (bicyclic) bond motifs is 2. The minimum absolute atomic E-state index is 0.848. The second-order valence-electron chi connectivity index (χ2n) is 6.93. The van der Waals surface area contributed by atoms with Crippen LogP contribution in [0.15, 0.2) is 107 Å². The van der Waals surface area contributed by atoms with Crippen molar-refractivity contribution in [1.82, 2.24) is 0 Å². The van der Waals surface area contributed by atoms with E-state index in [1.807, 2.05) is 42.5 Å². The molecule has 3 heteroatoms. The molecule has 1 heterocycles. The van der Waals surface area contributed by atoms with Crippen LogP contribution in [-0.2, 0) is 11.2 Å². The van der Waals surface area contributed by atoms with Crippen LogP contribution in [0.25, 0.3) is 11.1 Å². The molecule has 0 atom stereocenters. The molecular formula is C25H19NOS. The lowest BCUT2D eigenvalue weighted by Crippen LogP contribution is -2.22. The van der Waals surface area contributed by atoms with Gasteiger partial charge in [-0.25, -0.2) is 0 Å². The molecule has 4 aromatic rings. The topological polar surface area (TPSA) is 26.3 Å². The minimum atomic E-state index is -1.18. The number of hydrogen-bond acceptors (Lipinski definition) is 2. The highest BCUT2D eigenvalue weighted by molar-refractivity contribution is 7.92. The monoisotopic (exact) mass is 381 g/mol. The molecule has 0 spiro atoms. The standard InChI is InChI=1S/C25H19NOS/c1-18-15-16-21(20(17-18)19-9-3-2-4-10-19)26-22-11-5-7-13-24(22)28(27)25-14-8-6-12-23(25)26/h2-17H,1H3. The van der Waals surface area contributed by atoms with Crippen LogP contribution in [0, 0.1) is 6.92 Å². The summed E-state index contributed by atoms with van der Waals surface area (Å²) in [4.78, 5) is 3.94. The van der Waals surface area contributed by atoms with E-state index in [1.165, 1.54) is 11.1 Å². The predicted molar refractivity (Wildman–Crippen MR) is 116 cm³/mol. The van der Waals surface area contributed by atoms with Gasteiger partial charge in [0.05, 0.1) is 5.69 Å². The zero-order chi connectivity index (χ0) is 19.1. The molecule has 136 valence electrons. The number of nitrogens with zero attached hydrogens (tertiary/aromatic N) is 1. The summed E-state index contributed by atoms with van der Waals surface area (Å²) in [6, 6.07) is 32.9. The van der Waals surface area contributed by atoms with E-state index >= 15 is 0 Å². The third-order valence-corrected chi connectivity index (χ3v) is 6.58. The molecule has 0 aromatic heterocycles. The first-order valence-electron chi connectivity index (χ1n) is 9.30. The van der Waals surface area contributed by atoms with Gasteiger partial charge in [-0.1, -0.05) is 66.2 Å². The fourth-order valence-electron chi connectivity index (χ4n) is 3.80. The molecule has 1 aliphatic heterocycles. The van der Waals surface area contributed by atoms with Crippen LogP contribution < -0.4 is 4.90 Å². The molecule has 0 saturated carbocycles. The molecule has 28 heavy (non-hydrogen) atoms. The summed E-state index contributed by atoms with van der Waals surface area (Å²) in [6.45, 7) is 2.11. The lowest BCUT2D eigenvalue weighted by Gasteiger charge is -2.34. The number of hydrogen-bond donors (Lipinski definition) is 0. The first-order chi connectivity index (χ1) is 13.7. The summed E-state index contributed by atoms with van der Waals surface area (Å²) in [5, 5.41) is 0. The van der Waals surface area contributed by atoms with Crippen LogP contribution in [-0.4, -0.2) is 4.55 Å². The van der Waals surface area contributed by atoms with Gasteiger partial charge in [-0.15, -0.1) is 0 Å². The van der Waals surface area contributed by atoms with Crippen LogP contribution >= 0.6 is 0 Å². The number of rotatable bonds is 2. The molecule has 5 rings (SSSR count). The maximum atomic E-state index is 13.2. The van der Waals surface area contributed by atoms with Crippen molar-refractivity contribution >= 4 is 28.2 Å². The van der Waals surface area contributed by atoms with Gasteiger partial charge in [-0.2, -0.15) is 0 Å². The van der Waals surface area contributed by atoms with Crippen molar-refractivity contribution in [1.29, 1.82) is 0 Å². The van der Waals surface area contributed by atoms with Gasteiger partial charge < -0.3 is 9.45 Å². The largest absolute Gasteiger partial charge is 0.606 e. The summed E-state index contributed by atoms with van der Waals surface area (Å²) < 4.78 is 13.2. The third-order valence-electron chi connectivity index (χ3n) is 5.09. The molecule has 0 amide bonds. The van der Waals surface area contributed by atoms with Crippen molar-refractivity contribution in [3.05, 3.63) is 103 Å². The zero-order valence-electron chi connectivity index (χ0n) is 15.5. The Kier molecular flexibility index (Phi) is 4.19. The van der Waals surface area contributed by atoms with Gasteiger partial charge in [0.15, 0.2) is 9.79 Å². The van der Waals surface area contributed by atoms with Crippen molar-refractivity contribution in [3.63, 3.8) is 0 Å². The smallest absolute Gasteiger partial charge is 0.182 e. The Labute approximate surface area is 168 Å². The van der Waals surface area contributed by atoms with Crippen LogP contribution in [0.5, 0.6) is 0 Å². The summed E-state index contributed by atoms with van der Waals surface area (Å²) in [5.41, 5.74) is 6.58. The molecule has 0 unspecified atom stereocenters. The van der Waals surface area contributed by atoms with Crippen molar-refractivity contribution in [2.45, 2.75) is 16.7 Å². The normalized spacial score (nSPS) is 13.1. The second kappa shape index (κ2) is 6.86. The molecule has 0 saturated heterocycles. The lowest BCUT2D eigenvalue weighted by molar-refractivity contribution is 0.594. The van der Waals surface area contributed by atoms with E-state index in [4.69, 9.17) is 0 Å². The highest BCUT2D eigenvalue weighted by atomic mass is 32.2. The van der Waals surface area contributed by atoms with E-state index in [2.05, 4.69) is 66.4 Å². The van der Waals surface area contributed by atoms with E-state index < -0.39 is 11.2 Å². The van der Waals surface area contributed by atoms with Crippen LogP contribution in [0.2, 0.25) is 0 Å². The van der Waals surface area contributed by atoms with Crippen LogP contribution in [0.4, 0.5) is 17.1 Å². The quantitative estimate of drug-likeness (QED) is 0.365. The molecular weight excluding hydrogens is 362 g/mol. The van der Waals surface area contributed by atoms with Crippen LogP contribution in [0.3, 0.4) is 0 Å². The Morgan fingerprint density at radius 1 is 0.643 bits per heavy atom. The van der Waals surface area contributed by atoms with Gasteiger partial charge in [0, 0.05) is 16.7 Å². The van der Waals surface area contributed by atoms with Gasteiger partial charge in [-0.3, -0.25) is 0 Å². The highest BCUT2D eigenvalue weighted by Crippen LogP contribution is 2.50. The summed E-state index contributed by atoms with van der Waals surface area (Å²) in [5.74, 6) is 0. The van der Waals surface area contributed by atoms with E-state index in [9.17, 15) is 4.55 Å². The third kappa shape index (κ3) is 2.71. The number of para-hydroxylation sites is 2. The van der Waals surface area contributed by atoms with Gasteiger partial charge in [0.25, 0.3) is 0 Å². The summed E-state index contributed by atoms with van der Waals surface area (Å²) in [7, 11) is 0. The van der Waals surface area contributed by atoms with Gasteiger partial charge in [0.2, 0.25) is 0 Å². The molecule has 1 aliphatic rings. The molecule has 0 bridgehead atoms. The molecule has 4 aromatic carbocycles. The Morgan fingerprint density at radius 2 is 1.21 bits per heavy atom.